The molecule has 0 radical (unpaired) electrons. The maximum Gasteiger partial charge on any atom is 0.0939 e. The number of fused-ring (bicyclic) bond motifs is 1. The minimum absolute atomic E-state index is 0.651. The first-order valence-corrected chi connectivity index (χ1v) is 6.98. The van der Waals surface area contributed by atoms with Crippen LogP contribution in [0, 0.1) is 0 Å². The van der Waals surface area contributed by atoms with Gasteiger partial charge in [-0.3, -0.25) is 4.98 Å². The van der Waals surface area contributed by atoms with Crippen LogP contribution in [-0.2, 0) is 18.4 Å². The Morgan fingerprint density at radius 2 is 2.00 bits per heavy atom. The lowest BCUT2D eigenvalue weighted by molar-refractivity contribution is 0.0271. The van der Waals surface area contributed by atoms with E-state index in [4.69, 9.17) is 0 Å². The number of rotatable bonds is 2. The Bertz CT molecular complexity index is 552. The molecule has 0 aliphatic heterocycles. The number of aryl methyl sites for hydroxylation is 1. The molecule has 1 aromatic carbocycles. The molecular formula is C17H19NO. The fourth-order valence-electron chi connectivity index (χ4n) is 3.08. The van der Waals surface area contributed by atoms with Crippen molar-refractivity contribution in [3.63, 3.8) is 0 Å². The second-order valence-electron chi connectivity index (χ2n) is 5.43. The molecule has 1 atom stereocenters. The van der Waals surface area contributed by atoms with Crippen LogP contribution in [0.15, 0.2) is 48.8 Å². The standard InChI is InChI=1S/C17H19NO/c19-17(12-14-6-5-11-18-13-14)10-4-3-8-15-7-1-2-9-16(15)17/h1-2,5-7,9,11,13,19H,3-4,8,10,12H2. The van der Waals surface area contributed by atoms with Crippen molar-refractivity contribution in [1.29, 1.82) is 0 Å². The lowest BCUT2D eigenvalue weighted by Crippen LogP contribution is -2.28. The molecule has 0 saturated carbocycles. The van der Waals surface area contributed by atoms with Gasteiger partial charge in [0.25, 0.3) is 0 Å². The maximum absolute atomic E-state index is 11.1. The van der Waals surface area contributed by atoms with Crippen molar-refractivity contribution in [3.8, 4) is 0 Å². The van der Waals surface area contributed by atoms with Crippen molar-refractivity contribution in [3.05, 3.63) is 65.5 Å². The molecule has 0 fully saturated rings. The molecule has 0 saturated heterocycles. The van der Waals surface area contributed by atoms with E-state index in [9.17, 15) is 5.11 Å². The molecule has 1 aliphatic rings. The zero-order chi connectivity index (χ0) is 13.1. The summed E-state index contributed by atoms with van der Waals surface area (Å²) in [6.45, 7) is 0. The van der Waals surface area contributed by atoms with Gasteiger partial charge in [0.2, 0.25) is 0 Å². The van der Waals surface area contributed by atoms with Gasteiger partial charge in [-0.25, -0.2) is 0 Å². The number of pyridine rings is 1. The lowest BCUT2D eigenvalue weighted by atomic mass is 9.83. The lowest BCUT2D eigenvalue weighted by Gasteiger charge is -2.29. The maximum atomic E-state index is 11.1. The molecule has 1 aliphatic carbocycles. The van der Waals surface area contributed by atoms with E-state index in [0.717, 1.165) is 36.8 Å². The Balaban J connectivity index is 1.98. The predicted molar refractivity (Wildman–Crippen MR) is 75.8 cm³/mol. The van der Waals surface area contributed by atoms with E-state index in [-0.39, 0.29) is 0 Å². The number of nitrogens with zero attached hydrogens (tertiary/aromatic N) is 1. The van der Waals surface area contributed by atoms with Crippen LogP contribution in [0.25, 0.3) is 0 Å². The van der Waals surface area contributed by atoms with Crippen LogP contribution in [0.5, 0.6) is 0 Å². The van der Waals surface area contributed by atoms with Crippen LogP contribution < -0.4 is 0 Å². The Hall–Kier alpha value is -1.67. The van der Waals surface area contributed by atoms with Crippen LogP contribution in [0.4, 0.5) is 0 Å². The molecule has 2 aromatic rings. The number of aromatic nitrogens is 1. The van der Waals surface area contributed by atoms with Crippen molar-refractivity contribution >= 4 is 0 Å². The van der Waals surface area contributed by atoms with Crippen molar-refractivity contribution in [2.75, 3.05) is 0 Å². The number of benzene rings is 1. The summed E-state index contributed by atoms with van der Waals surface area (Å²) in [5, 5.41) is 11.1. The highest BCUT2D eigenvalue weighted by atomic mass is 16.3. The van der Waals surface area contributed by atoms with Gasteiger partial charge in [-0.05, 0) is 48.4 Å². The molecule has 3 rings (SSSR count). The van der Waals surface area contributed by atoms with Crippen LogP contribution in [-0.4, -0.2) is 10.1 Å². The topological polar surface area (TPSA) is 33.1 Å². The zero-order valence-electron chi connectivity index (χ0n) is 11.0. The van der Waals surface area contributed by atoms with Crippen LogP contribution in [0.3, 0.4) is 0 Å². The highest BCUT2D eigenvalue weighted by Gasteiger charge is 2.32. The summed E-state index contributed by atoms with van der Waals surface area (Å²) in [6, 6.07) is 12.3. The van der Waals surface area contributed by atoms with Gasteiger partial charge in [0.05, 0.1) is 5.60 Å². The van der Waals surface area contributed by atoms with E-state index >= 15 is 0 Å². The predicted octanol–water partition coefficient (Wildman–Crippen LogP) is 3.24. The fourth-order valence-corrected chi connectivity index (χ4v) is 3.08. The molecule has 1 unspecified atom stereocenters. The van der Waals surface area contributed by atoms with E-state index in [1.54, 1.807) is 6.20 Å². The molecule has 1 aromatic heterocycles. The second-order valence-corrected chi connectivity index (χ2v) is 5.43. The minimum Gasteiger partial charge on any atom is -0.385 e. The molecule has 0 bridgehead atoms. The van der Waals surface area contributed by atoms with Crippen molar-refractivity contribution in [2.45, 2.75) is 37.7 Å². The third-order valence-electron chi connectivity index (χ3n) is 4.02. The molecule has 0 spiro atoms. The zero-order valence-corrected chi connectivity index (χ0v) is 11.0. The van der Waals surface area contributed by atoms with E-state index < -0.39 is 5.60 Å². The Morgan fingerprint density at radius 3 is 2.84 bits per heavy atom. The Kier molecular flexibility index (Phi) is 3.34. The van der Waals surface area contributed by atoms with Gasteiger partial charge in [-0.15, -0.1) is 0 Å². The summed E-state index contributed by atoms with van der Waals surface area (Å²) in [6.07, 6.45) is 8.42. The van der Waals surface area contributed by atoms with Crippen LogP contribution >= 0.6 is 0 Å². The summed E-state index contributed by atoms with van der Waals surface area (Å²) in [4.78, 5) is 4.15. The van der Waals surface area contributed by atoms with E-state index in [1.165, 1.54) is 5.56 Å². The molecule has 2 nitrogen and oxygen atoms in total. The summed E-state index contributed by atoms with van der Waals surface area (Å²) < 4.78 is 0. The van der Waals surface area contributed by atoms with Crippen molar-refractivity contribution < 1.29 is 5.11 Å². The smallest absolute Gasteiger partial charge is 0.0939 e. The van der Waals surface area contributed by atoms with E-state index in [2.05, 4.69) is 23.2 Å². The van der Waals surface area contributed by atoms with E-state index in [1.807, 2.05) is 24.4 Å². The Morgan fingerprint density at radius 1 is 1.11 bits per heavy atom. The van der Waals surface area contributed by atoms with Gasteiger partial charge in [0, 0.05) is 18.8 Å². The van der Waals surface area contributed by atoms with Gasteiger partial charge in [-0.2, -0.15) is 0 Å². The average Bonchev–Trinajstić information content (AvgIpc) is 2.60. The quantitative estimate of drug-likeness (QED) is 0.833. The van der Waals surface area contributed by atoms with Gasteiger partial charge >= 0.3 is 0 Å². The van der Waals surface area contributed by atoms with Crippen molar-refractivity contribution in [2.24, 2.45) is 0 Å². The minimum atomic E-state index is -0.740. The number of hydrogen-bond donors (Lipinski definition) is 1. The van der Waals surface area contributed by atoms with Crippen LogP contribution in [0.2, 0.25) is 0 Å². The normalized spacial score (nSPS) is 22.6. The molecule has 0 amide bonds. The highest BCUT2D eigenvalue weighted by Crippen LogP contribution is 2.36. The molecular weight excluding hydrogens is 234 g/mol. The number of aliphatic hydroxyl groups is 1. The van der Waals surface area contributed by atoms with Gasteiger partial charge in [0.15, 0.2) is 0 Å². The summed E-state index contributed by atoms with van der Waals surface area (Å²) in [5.74, 6) is 0. The first kappa shape index (κ1) is 12.4. The second kappa shape index (κ2) is 5.14. The monoisotopic (exact) mass is 253 g/mol. The molecule has 1 heterocycles. The first-order valence-electron chi connectivity index (χ1n) is 6.98. The van der Waals surface area contributed by atoms with Gasteiger partial charge in [0.1, 0.15) is 0 Å². The summed E-state index contributed by atoms with van der Waals surface area (Å²) in [5.41, 5.74) is 2.76. The van der Waals surface area contributed by atoms with E-state index in [0.29, 0.717) is 6.42 Å². The average molecular weight is 253 g/mol. The molecule has 98 valence electrons. The first-order chi connectivity index (χ1) is 9.28. The van der Waals surface area contributed by atoms with Gasteiger partial charge in [-0.1, -0.05) is 30.3 Å². The number of hydrogen-bond acceptors (Lipinski definition) is 2. The Labute approximate surface area is 114 Å². The summed E-state index contributed by atoms with van der Waals surface area (Å²) in [7, 11) is 0. The third kappa shape index (κ3) is 2.54. The molecule has 19 heavy (non-hydrogen) atoms. The SMILES string of the molecule is OC1(Cc2cccnc2)CCCCc2ccccc21. The highest BCUT2D eigenvalue weighted by molar-refractivity contribution is 5.35. The summed E-state index contributed by atoms with van der Waals surface area (Å²) >= 11 is 0. The van der Waals surface area contributed by atoms with Crippen molar-refractivity contribution in [1.82, 2.24) is 4.98 Å². The van der Waals surface area contributed by atoms with Crippen LogP contribution in [0.1, 0.15) is 36.0 Å². The molecule has 1 N–H and O–H groups in total. The fraction of sp³-hybridized carbons (Fsp3) is 0.353. The molecule has 2 heteroatoms. The largest absolute Gasteiger partial charge is 0.385 e. The third-order valence-corrected chi connectivity index (χ3v) is 4.02. The van der Waals surface area contributed by atoms with Gasteiger partial charge < -0.3 is 5.11 Å².